The SMILES string of the molecule is C=CN1C=CN(CCCCCCCC)C1.O=[N+]([O-])O. The van der Waals surface area contributed by atoms with Crippen LogP contribution in [0.4, 0.5) is 0 Å². The lowest BCUT2D eigenvalue weighted by Crippen LogP contribution is -2.22. The van der Waals surface area contributed by atoms with E-state index in [0.29, 0.717) is 0 Å². The lowest BCUT2D eigenvalue weighted by Gasteiger charge is -2.18. The molecular weight excluding hydrogens is 246 g/mol. The van der Waals surface area contributed by atoms with Crippen LogP contribution in [0.1, 0.15) is 45.4 Å². The number of hydrogen-bond donors (Lipinski definition) is 1. The zero-order valence-corrected chi connectivity index (χ0v) is 11.7. The van der Waals surface area contributed by atoms with Gasteiger partial charge < -0.3 is 15.0 Å². The highest BCUT2D eigenvalue weighted by molar-refractivity contribution is 4.94. The van der Waals surface area contributed by atoms with Crippen molar-refractivity contribution in [3.8, 4) is 0 Å². The van der Waals surface area contributed by atoms with Gasteiger partial charge in [0.05, 0.1) is 6.67 Å². The van der Waals surface area contributed by atoms with E-state index in [-0.39, 0.29) is 0 Å². The molecule has 0 radical (unpaired) electrons. The maximum Gasteiger partial charge on any atom is 0.291 e. The van der Waals surface area contributed by atoms with Gasteiger partial charge in [-0.25, -0.2) is 0 Å². The molecular formula is C13H25N3O3. The van der Waals surface area contributed by atoms with E-state index in [9.17, 15) is 0 Å². The summed E-state index contributed by atoms with van der Waals surface area (Å²) in [6.45, 7) is 8.19. The van der Waals surface area contributed by atoms with Crippen LogP contribution in [-0.4, -0.2) is 33.3 Å². The molecule has 0 fully saturated rings. The van der Waals surface area contributed by atoms with E-state index in [1.165, 1.54) is 45.1 Å². The van der Waals surface area contributed by atoms with Crippen LogP contribution >= 0.6 is 0 Å². The molecule has 0 saturated heterocycles. The molecule has 0 atom stereocenters. The highest BCUT2D eigenvalue weighted by Crippen LogP contribution is 2.10. The number of rotatable bonds is 8. The van der Waals surface area contributed by atoms with Gasteiger partial charge in [0.2, 0.25) is 0 Å². The molecule has 19 heavy (non-hydrogen) atoms. The van der Waals surface area contributed by atoms with Gasteiger partial charge in [0, 0.05) is 18.9 Å². The Morgan fingerprint density at radius 3 is 2.42 bits per heavy atom. The normalized spacial score (nSPS) is 13.1. The molecule has 6 heteroatoms. The van der Waals surface area contributed by atoms with Gasteiger partial charge in [0.1, 0.15) is 0 Å². The first-order valence-corrected chi connectivity index (χ1v) is 6.74. The second kappa shape index (κ2) is 11.4. The van der Waals surface area contributed by atoms with Gasteiger partial charge >= 0.3 is 0 Å². The van der Waals surface area contributed by atoms with Gasteiger partial charge in [-0.2, -0.15) is 0 Å². The molecule has 0 amide bonds. The third-order valence-corrected chi connectivity index (χ3v) is 2.85. The first-order chi connectivity index (χ1) is 9.10. The molecule has 0 spiro atoms. The minimum atomic E-state index is -1.50. The second-order valence-corrected chi connectivity index (χ2v) is 4.45. The molecule has 1 heterocycles. The van der Waals surface area contributed by atoms with E-state index in [4.69, 9.17) is 15.3 Å². The highest BCUT2D eigenvalue weighted by atomic mass is 16.9. The van der Waals surface area contributed by atoms with E-state index in [2.05, 4.69) is 35.7 Å². The maximum absolute atomic E-state index is 8.36. The molecule has 1 aliphatic heterocycles. The third-order valence-electron chi connectivity index (χ3n) is 2.85. The Kier molecular flexibility index (Phi) is 10.3. The van der Waals surface area contributed by atoms with Crippen molar-refractivity contribution in [2.45, 2.75) is 45.4 Å². The molecule has 1 N–H and O–H groups in total. The van der Waals surface area contributed by atoms with Crippen molar-refractivity contribution in [2.75, 3.05) is 13.2 Å². The molecule has 0 aromatic carbocycles. The molecule has 110 valence electrons. The zero-order chi connectivity index (χ0) is 14.5. The summed E-state index contributed by atoms with van der Waals surface area (Å²) in [5, 5.41) is 13.6. The average molecular weight is 271 g/mol. The Bertz CT molecular complexity index is 278. The van der Waals surface area contributed by atoms with Crippen LogP contribution in [0.15, 0.2) is 25.2 Å². The second-order valence-electron chi connectivity index (χ2n) is 4.45. The lowest BCUT2D eigenvalue weighted by molar-refractivity contribution is -0.742. The summed E-state index contributed by atoms with van der Waals surface area (Å²) < 4.78 is 0. The third kappa shape index (κ3) is 11.1. The predicted octanol–water partition coefficient (Wildman–Crippen LogP) is 3.19. The summed E-state index contributed by atoms with van der Waals surface area (Å²) >= 11 is 0. The molecule has 1 rings (SSSR count). The van der Waals surface area contributed by atoms with Crippen LogP contribution in [0.25, 0.3) is 0 Å². The van der Waals surface area contributed by atoms with Crippen molar-refractivity contribution in [2.24, 2.45) is 0 Å². The molecule has 0 aromatic heterocycles. The van der Waals surface area contributed by atoms with Crippen molar-refractivity contribution in [1.82, 2.24) is 9.80 Å². The van der Waals surface area contributed by atoms with E-state index in [1.807, 2.05) is 6.20 Å². The van der Waals surface area contributed by atoms with Crippen LogP contribution in [0.3, 0.4) is 0 Å². The molecule has 0 aliphatic carbocycles. The van der Waals surface area contributed by atoms with Crippen LogP contribution in [0, 0.1) is 10.1 Å². The fraction of sp³-hybridized carbons (Fsp3) is 0.692. The summed E-state index contributed by atoms with van der Waals surface area (Å²) in [6.07, 6.45) is 14.4. The van der Waals surface area contributed by atoms with Crippen molar-refractivity contribution >= 4 is 0 Å². The number of unbranched alkanes of at least 4 members (excludes halogenated alkanes) is 5. The fourth-order valence-corrected chi connectivity index (χ4v) is 1.84. The minimum Gasteiger partial charge on any atom is -0.358 e. The van der Waals surface area contributed by atoms with Crippen LogP contribution < -0.4 is 0 Å². The Balaban J connectivity index is 0.000000711. The van der Waals surface area contributed by atoms with Crippen LogP contribution in [-0.2, 0) is 0 Å². The molecule has 6 nitrogen and oxygen atoms in total. The largest absolute Gasteiger partial charge is 0.358 e. The standard InChI is InChI=1S/C13H24N2.HNO3/c1-3-5-6-7-8-9-10-15-12-11-14(4-2)13-15;2-1(3)4/h4,11-12H,2-3,5-10,13H2,1H3;(H,2,3,4). The first kappa shape index (κ1) is 17.3. The Morgan fingerprint density at radius 2 is 1.89 bits per heavy atom. The van der Waals surface area contributed by atoms with E-state index >= 15 is 0 Å². The Labute approximate surface area is 115 Å². The van der Waals surface area contributed by atoms with Gasteiger partial charge in [0.25, 0.3) is 5.09 Å². The maximum atomic E-state index is 8.36. The average Bonchev–Trinajstić information content (AvgIpc) is 2.81. The number of nitrogens with zero attached hydrogens (tertiary/aromatic N) is 3. The summed E-state index contributed by atoms with van der Waals surface area (Å²) in [6, 6.07) is 0. The van der Waals surface area contributed by atoms with Gasteiger partial charge in [-0.1, -0.05) is 45.6 Å². The van der Waals surface area contributed by atoms with Crippen molar-refractivity contribution < 1.29 is 10.3 Å². The Hall–Kier alpha value is -1.72. The van der Waals surface area contributed by atoms with Gasteiger partial charge in [-0.3, -0.25) is 0 Å². The van der Waals surface area contributed by atoms with E-state index in [0.717, 1.165) is 6.67 Å². The quantitative estimate of drug-likeness (QED) is 0.417. The lowest BCUT2D eigenvalue weighted by atomic mass is 10.1. The summed E-state index contributed by atoms with van der Waals surface area (Å²) in [7, 11) is 0. The minimum absolute atomic E-state index is 0.985. The summed E-state index contributed by atoms with van der Waals surface area (Å²) in [4.78, 5) is 12.8. The van der Waals surface area contributed by atoms with E-state index in [1.54, 1.807) is 0 Å². The fourth-order valence-electron chi connectivity index (χ4n) is 1.84. The first-order valence-electron chi connectivity index (χ1n) is 6.74. The van der Waals surface area contributed by atoms with Gasteiger partial charge in [0.15, 0.2) is 0 Å². The highest BCUT2D eigenvalue weighted by Gasteiger charge is 2.07. The van der Waals surface area contributed by atoms with Crippen LogP contribution in [0.5, 0.6) is 0 Å². The van der Waals surface area contributed by atoms with E-state index < -0.39 is 5.09 Å². The van der Waals surface area contributed by atoms with Crippen molar-refractivity contribution in [3.63, 3.8) is 0 Å². The number of hydrogen-bond acceptors (Lipinski definition) is 4. The Morgan fingerprint density at radius 1 is 1.32 bits per heavy atom. The van der Waals surface area contributed by atoms with Gasteiger partial charge in [-0.15, -0.1) is 10.1 Å². The van der Waals surface area contributed by atoms with Crippen LogP contribution in [0.2, 0.25) is 0 Å². The molecule has 1 aliphatic rings. The summed E-state index contributed by atoms with van der Waals surface area (Å²) in [5.41, 5.74) is 0. The van der Waals surface area contributed by atoms with Crippen molar-refractivity contribution in [3.05, 3.63) is 35.3 Å². The monoisotopic (exact) mass is 271 g/mol. The van der Waals surface area contributed by atoms with Crippen molar-refractivity contribution in [1.29, 1.82) is 0 Å². The molecule has 0 aromatic rings. The predicted molar refractivity (Wildman–Crippen MR) is 74.9 cm³/mol. The topological polar surface area (TPSA) is 69.9 Å². The molecule has 0 unspecified atom stereocenters. The zero-order valence-electron chi connectivity index (χ0n) is 11.7. The summed E-state index contributed by atoms with van der Waals surface area (Å²) in [5.74, 6) is 0. The van der Waals surface area contributed by atoms with Gasteiger partial charge in [-0.05, 0) is 12.6 Å². The molecule has 0 bridgehead atoms. The molecule has 0 saturated carbocycles. The smallest absolute Gasteiger partial charge is 0.291 e.